The molecule has 0 heterocycles. The van der Waals surface area contributed by atoms with Crippen LogP contribution in [-0.2, 0) is 10.1 Å². The number of aliphatic hydroxyl groups excluding tert-OH is 4. The van der Waals surface area contributed by atoms with Gasteiger partial charge in [-0.25, -0.2) is 0 Å². The number of hydrogen-bond acceptors (Lipinski definition) is 7. The lowest BCUT2D eigenvalue weighted by molar-refractivity contribution is -0.0440. The van der Waals surface area contributed by atoms with Crippen LogP contribution in [0.5, 0.6) is 0 Å². The maximum Gasteiger partial charge on any atom is 0.293 e. The fourth-order valence-corrected chi connectivity index (χ4v) is 2.56. The normalized spacial score (nSPS) is 15.1. The first-order chi connectivity index (χ1) is 9.12. The number of β-amino-alcohol motifs (C(OH)–C–C–N with tert-alkyl or cyclic N) is 2. The molecule has 0 bridgehead atoms. The Morgan fingerprint density at radius 3 is 1.95 bits per heavy atom. The predicted molar refractivity (Wildman–Crippen MR) is 72.6 cm³/mol. The summed E-state index contributed by atoms with van der Waals surface area (Å²) in [4.78, 5) is 1.28. The van der Waals surface area contributed by atoms with Crippen molar-refractivity contribution in [2.24, 2.45) is 5.92 Å². The Bertz CT molecular complexity index is 367. The maximum absolute atomic E-state index is 10.9. The van der Waals surface area contributed by atoms with Crippen LogP contribution >= 0.6 is 0 Å². The molecule has 0 saturated carbocycles. The van der Waals surface area contributed by atoms with E-state index in [1.807, 2.05) is 13.8 Å². The number of rotatable bonds is 10. The van der Waals surface area contributed by atoms with Crippen molar-refractivity contribution >= 4 is 10.1 Å². The molecule has 0 saturated heterocycles. The third-order valence-electron chi connectivity index (χ3n) is 3.14. The van der Waals surface area contributed by atoms with Gasteiger partial charge in [-0.2, -0.15) is 8.42 Å². The lowest BCUT2D eigenvalue weighted by atomic mass is 9.88. The summed E-state index contributed by atoms with van der Waals surface area (Å²) < 4.78 is 30.6. The van der Waals surface area contributed by atoms with Gasteiger partial charge in [-0.3, -0.25) is 9.45 Å². The van der Waals surface area contributed by atoms with Crippen molar-refractivity contribution in [1.29, 1.82) is 0 Å². The average molecular weight is 315 g/mol. The van der Waals surface area contributed by atoms with Crippen LogP contribution in [-0.4, -0.2) is 82.2 Å². The van der Waals surface area contributed by atoms with E-state index in [0.717, 1.165) is 0 Å². The first-order valence-electron chi connectivity index (χ1n) is 6.35. The highest BCUT2D eigenvalue weighted by Crippen LogP contribution is 2.24. The van der Waals surface area contributed by atoms with E-state index in [9.17, 15) is 23.7 Å². The van der Waals surface area contributed by atoms with Gasteiger partial charge in [-0.05, 0) is 12.3 Å². The van der Waals surface area contributed by atoms with Gasteiger partial charge in [-0.15, -0.1) is 0 Å². The van der Waals surface area contributed by atoms with E-state index in [0.29, 0.717) is 6.42 Å². The molecule has 0 aromatic rings. The zero-order valence-corrected chi connectivity index (χ0v) is 12.6. The van der Waals surface area contributed by atoms with E-state index in [2.05, 4.69) is 0 Å². The molecule has 0 rings (SSSR count). The molecular weight excluding hydrogens is 290 g/mol. The van der Waals surface area contributed by atoms with E-state index in [-0.39, 0.29) is 19.1 Å². The highest BCUT2D eigenvalue weighted by molar-refractivity contribution is 7.86. The lowest BCUT2D eigenvalue weighted by Gasteiger charge is -2.43. The van der Waals surface area contributed by atoms with Crippen molar-refractivity contribution < 1.29 is 33.4 Å². The SMILES string of the molecule is CC(C)CC(CO)(CO)N(CCO)CC(O)S(=O)(=O)O. The molecule has 0 aliphatic carbocycles. The summed E-state index contributed by atoms with van der Waals surface area (Å²) in [6.07, 6.45) is 0.332. The van der Waals surface area contributed by atoms with Crippen molar-refractivity contribution in [3.8, 4) is 0 Å². The van der Waals surface area contributed by atoms with Crippen molar-refractivity contribution in [2.45, 2.75) is 31.2 Å². The largest absolute Gasteiger partial charge is 0.395 e. The van der Waals surface area contributed by atoms with Crippen LogP contribution in [0.4, 0.5) is 0 Å². The fraction of sp³-hybridized carbons (Fsp3) is 1.00. The number of hydrogen-bond donors (Lipinski definition) is 5. The molecule has 1 unspecified atom stereocenters. The average Bonchev–Trinajstić information content (AvgIpc) is 2.34. The van der Waals surface area contributed by atoms with E-state index in [1.54, 1.807) is 0 Å². The molecule has 8 nitrogen and oxygen atoms in total. The maximum atomic E-state index is 10.9. The molecule has 20 heavy (non-hydrogen) atoms. The van der Waals surface area contributed by atoms with Crippen LogP contribution in [0.15, 0.2) is 0 Å². The molecular formula is C11H25NO7S. The molecule has 5 N–H and O–H groups in total. The summed E-state index contributed by atoms with van der Waals surface area (Å²) >= 11 is 0. The molecule has 0 aliphatic heterocycles. The monoisotopic (exact) mass is 315 g/mol. The molecule has 1 atom stereocenters. The van der Waals surface area contributed by atoms with Gasteiger partial charge in [0.05, 0.1) is 25.4 Å². The minimum atomic E-state index is -4.65. The third kappa shape index (κ3) is 5.60. The van der Waals surface area contributed by atoms with Gasteiger partial charge in [0.1, 0.15) is 0 Å². The van der Waals surface area contributed by atoms with Crippen LogP contribution in [0.2, 0.25) is 0 Å². The Labute approximate surface area is 119 Å². The van der Waals surface area contributed by atoms with Crippen LogP contribution < -0.4 is 0 Å². The Morgan fingerprint density at radius 2 is 1.65 bits per heavy atom. The van der Waals surface area contributed by atoms with Gasteiger partial charge in [-0.1, -0.05) is 13.8 Å². The van der Waals surface area contributed by atoms with Gasteiger partial charge < -0.3 is 20.4 Å². The van der Waals surface area contributed by atoms with E-state index < -0.39 is 40.9 Å². The molecule has 0 aromatic carbocycles. The van der Waals surface area contributed by atoms with Gasteiger partial charge in [0.25, 0.3) is 10.1 Å². The highest BCUT2D eigenvalue weighted by atomic mass is 32.2. The lowest BCUT2D eigenvalue weighted by Crippen LogP contribution is -2.58. The minimum absolute atomic E-state index is 0.0551. The summed E-state index contributed by atoms with van der Waals surface area (Å²) in [6.45, 7) is 1.85. The number of nitrogens with zero attached hydrogens (tertiary/aromatic N) is 1. The highest BCUT2D eigenvalue weighted by Gasteiger charge is 2.38. The smallest absolute Gasteiger partial charge is 0.293 e. The van der Waals surface area contributed by atoms with Crippen molar-refractivity contribution in [2.75, 3.05) is 32.9 Å². The van der Waals surface area contributed by atoms with Gasteiger partial charge in [0.15, 0.2) is 5.44 Å². The van der Waals surface area contributed by atoms with E-state index in [4.69, 9.17) is 9.66 Å². The molecule has 0 radical (unpaired) electrons. The molecule has 0 aliphatic rings. The third-order valence-corrected chi connectivity index (χ3v) is 3.97. The second-order valence-electron chi connectivity index (χ2n) is 5.28. The summed E-state index contributed by atoms with van der Waals surface area (Å²) in [5.74, 6) is 0.0818. The Balaban J connectivity index is 5.27. The number of aliphatic hydroxyl groups is 4. The zero-order chi connectivity index (χ0) is 16.0. The fourth-order valence-electron chi connectivity index (χ4n) is 2.19. The molecule has 9 heteroatoms. The predicted octanol–water partition coefficient (Wildman–Crippen LogP) is -1.74. The van der Waals surface area contributed by atoms with Gasteiger partial charge in [0, 0.05) is 13.1 Å². The summed E-state index contributed by atoms with van der Waals surface area (Å²) in [7, 11) is -4.65. The molecule has 0 amide bonds. The topological polar surface area (TPSA) is 139 Å². The minimum Gasteiger partial charge on any atom is -0.395 e. The molecule has 0 aromatic heterocycles. The first-order valence-corrected chi connectivity index (χ1v) is 7.85. The molecule has 0 fully saturated rings. The Kier molecular flexibility index (Phi) is 8.11. The van der Waals surface area contributed by atoms with Crippen molar-refractivity contribution in [1.82, 2.24) is 4.90 Å². The quantitative estimate of drug-likeness (QED) is 0.299. The summed E-state index contributed by atoms with van der Waals surface area (Å²) in [5, 5.41) is 37.6. The van der Waals surface area contributed by atoms with Gasteiger partial charge >= 0.3 is 0 Å². The van der Waals surface area contributed by atoms with Crippen LogP contribution in [0.1, 0.15) is 20.3 Å². The zero-order valence-electron chi connectivity index (χ0n) is 11.8. The Morgan fingerprint density at radius 1 is 1.15 bits per heavy atom. The molecule has 122 valence electrons. The summed E-state index contributed by atoms with van der Waals surface area (Å²) in [5.41, 5.74) is -3.25. The van der Waals surface area contributed by atoms with Crippen molar-refractivity contribution in [3.05, 3.63) is 0 Å². The second-order valence-corrected chi connectivity index (χ2v) is 6.85. The Hall–Kier alpha value is -0.290. The second kappa shape index (κ2) is 8.23. The van der Waals surface area contributed by atoms with E-state index >= 15 is 0 Å². The van der Waals surface area contributed by atoms with Crippen LogP contribution in [0.25, 0.3) is 0 Å². The van der Waals surface area contributed by atoms with Crippen molar-refractivity contribution in [3.63, 3.8) is 0 Å². The standard InChI is InChI=1S/C11H25NO7S/c1-9(2)5-11(7-14,8-15)12(3-4-13)6-10(16)20(17,18)19/h9-10,13-16H,3-8H2,1-2H3,(H,17,18,19). The van der Waals surface area contributed by atoms with Crippen LogP contribution in [0.3, 0.4) is 0 Å². The summed E-state index contributed by atoms with van der Waals surface area (Å²) in [6, 6.07) is 0. The molecule has 0 spiro atoms. The van der Waals surface area contributed by atoms with Gasteiger partial charge in [0.2, 0.25) is 0 Å². The first kappa shape index (κ1) is 19.7. The van der Waals surface area contributed by atoms with Crippen LogP contribution in [0, 0.1) is 5.92 Å². The van der Waals surface area contributed by atoms with E-state index in [1.165, 1.54) is 4.90 Å².